The first kappa shape index (κ1) is 18.8. The van der Waals surface area contributed by atoms with E-state index in [0.717, 1.165) is 29.2 Å². The normalized spacial score (nSPS) is 11.2. The summed E-state index contributed by atoms with van der Waals surface area (Å²) in [4.78, 5) is 12.3. The Morgan fingerprint density at radius 3 is 2.52 bits per heavy atom. The topological polar surface area (TPSA) is 64.1 Å². The van der Waals surface area contributed by atoms with Crippen LogP contribution in [0.5, 0.6) is 5.75 Å². The van der Waals surface area contributed by atoms with Gasteiger partial charge in [-0.15, -0.1) is 10.2 Å². The number of aromatic nitrogens is 2. The molecule has 1 amide bonds. The number of ether oxygens (including phenoxy) is 1. The second-order valence-electron chi connectivity index (χ2n) is 5.96. The van der Waals surface area contributed by atoms with Crippen LogP contribution in [0.4, 0.5) is 5.13 Å². The molecule has 1 N–H and O–H groups in total. The van der Waals surface area contributed by atoms with Gasteiger partial charge in [0.15, 0.2) is 0 Å². The van der Waals surface area contributed by atoms with Gasteiger partial charge in [-0.2, -0.15) is 0 Å². The molecule has 5 nitrogen and oxygen atoms in total. The first-order valence-corrected chi connectivity index (χ1v) is 9.57. The van der Waals surface area contributed by atoms with E-state index >= 15 is 0 Å². The van der Waals surface area contributed by atoms with Crippen molar-refractivity contribution in [2.24, 2.45) is 0 Å². The zero-order valence-corrected chi connectivity index (χ0v) is 15.9. The van der Waals surface area contributed by atoms with Crippen LogP contribution in [0, 0.1) is 0 Å². The molecule has 0 aliphatic carbocycles. The molecule has 1 heterocycles. The lowest BCUT2D eigenvalue weighted by Gasteiger charge is -2.04. The second kappa shape index (κ2) is 9.64. The zero-order chi connectivity index (χ0) is 18.9. The molecule has 0 bridgehead atoms. The predicted molar refractivity (Wildman–Crippen MR) is 109 cm³/mol. The zero-order valence-electron chi connectivity index (χ0n) is 15.1. The lowest BCUT2D eigenvalue weighted by atomic mass is 10.1. The van der Waals surface area contributed by atoms with Crippen molar-refractivity contribution in [2.45, 2.75) is 19.8 Å². The number of hydrogen-bond acceptors (Lipinski definition) is 5. The Hall–Kier alpha value is -2.99. The molecule has 1 aromatic heterocycles. The number of rotatable bonds is 8. The number of hydrogen-bond donors (Lipinski definition) is 1. The molecule has 0 aliphatic heterocycles. The minimum absolute atomic E-state index is 0.172. The highest BCUT2D eigenvalue weighted by atomic mass is 32.1. The average molecular weight is 379 g/mol. The third-order valence-corrected chi connectivity index (χ3v) is 4.67. The molecule has 0 spiro atoms. The van der Waals surface area contributed by atoms with Crippen LogP contribution in [-0.4, -0.2) is 22.7 Å². The lowest BCUT2D eigenvalue weighted by molar-refractivity contribution is -0.112. The molecule has 0 unspecified atom stereocenters. The number of nitrogens with one attached hydrogen (secondary N) is 1. The quantitative estimate of drug-likeness (QED) is 0.459. The summed E-state index contributed by atoms with van der Waals surface area (Å²) in [5.41, 5.74) is 1.61. The molecular weight excluding hydrogens is 358 g/mol. The molecule has 0 radical (unpaired) electrons. The molecular formula is C21H21N3O2S. The number of benzene rings is 2. The Kier molecular flexibility index (Phi) is 6.71. The van der Waals surface area contributed by atoms with Crippen LogP contribution in [0.3, 0.4) is 0 Å². The lowest BCUT2D eigenvalue weighted by Crippen LogP contribution is -2.12. The largest absolute Gasteiger partial charge is 0.494 e. The summed E-state index contributed by atoms with van der Waals surface area (Å²) >= 11 is 1.39. The fourth-order valence-corrected chi connectivity index (χ4v) is 3.17. The van der Waals surface area contributed by atoms with Crippen LogP contribution in [0.25, 0.3) is 6.08 Å². The minimum atomic E-state index is -0.172. The maximum atomic E-state index is 12.3. The van der Waals surface area contributed by atoms with E-state index in [9.17, 15) is 4.79 Å². The summed E-state index contributed by atoms with van der Waals surface area (Å²) in [6.45, 7) is 2.40. The van der Waals surface area contributed by atoms with Gasteiger partial charge in [0.05, 0.1) is 6.61 Å². The number of anilines is 1. The standard InChI is InChI=1S/C21H21N3O2S/c1-16(15-17-9-4-2-5-10-17)20(25)22-21-24-23-19(27-21)13-8-14-26-18-11-6-3-7-12-18/h2-7,9-12,15H,8,13-14H2,1H3,(H,22,24,25)/b16-15+. The number of para-hydroxylation sites is 1. The molecule has 3 rings (SSSR count). The summed E-state index contributed by atoms with van der Waals surface area (Å²) in [7, 11) is 0. The van der Waals surface area contributed by atoms with E-state index < -0.39 is 0 Å². The van der Waals surface area contributed by atoms with Gasteiger partial charge >= 0.3 is 0 Å². The third-order valence-electron chi connectivity index (χ3n) is 3.78. The Bertz CT molecular complexity index is 892. The van der Waals surface area contributed by atoms with Crippen LogP contribution < -0.4 is 10.1 Å². The fraction of sp³-hybridized carbons (Fsp3) is 0.190. The Labute approximate surface area is 162 Å². The van der Waals surface area contributed by atoms with E-state index in [2.05, 4.69) is 15.5 Å². The molecule has 27 heavy (non-hydrogen) atoms. The molecule has 138 valence electrons. The number of carbonyl (C=O) groups excluding carboxylic acids is 1. The highest BCUT2D eigenvalue weighted by Crippen LogP contribution is 2.18. The molecule has 0 fully saturated rings. The smallest absolute Gasteiger partial charge is 0.253 e. The molecule has 0 atom stereocenters. The third kappa shape index (κ3) is 6.04. The van der Waals surface area contributed by atoms with Crippen molar-refractivity contribution in [3.8, 4) is 5.75 Å². The summed E-state index contributed by atoms with van der Waals surface area (Å²) in [5, 5.41) is 12.4. The first-order valence-electron chi connectivity index (χ1n) is 8.75. The van der Waals surface area contributed by atoms with Gasteiger partial charge in [-0.3, -0.25) is 10.1 Å². The molecule has 3 aromatic rings. The van der Waals surface area contributed by atoms with Crippen molar-refractivity contribution in [1.29, 1.82) is 0 Å². The summed E-state index contributed by atoms with van der Waals surface area (Å²) in [6, 6.07) is 19.5. The van der Waals surface area contributed by atoms with Crippen molar-refractivity contribution in [1.82, 2.24) is 10.2 Å². The van der Waals surface area contributed by atoms with Crippen LogP contribution >= 0.6 is 11.3 Å². The maximum Gasteiger partial charge on any atom is 0.253 e. The van der Waals surface area contributed by atoms with Gasteiger partial charge in [-0.1, -0.05) is 59.9 Å². The number of nitrogens with zero attached hydrogens (tertiary/aromatic N) is 2. The van der Waals surface area contributed by atoms with Crippen molar-refractivity contribution < 1.29 is 9.53 Å². The second-order valence-corrected chi connectivity index (χ2v) is 7.02. The van der Waals surface area contributed by atoms with Crippen molar-refractivity contribution in [3.63, 3.8) is 0 Å². The van der Waals surface area contributed by atoms with Crippen LogP contribution in [0.2, 0.25) is 0 Å². The fourth-order valence-electron chi connectivity index (χ4n) is 2.40. The average Bonchev–Trinajstić information content (AvgIpc) is 3.14. The van der Waals surface area contributed by atoms with Crippen molar-refractivity contribution >= 4 is 28.5 Å². The van der Waals surface area contributed by atoms with E-state index in [1.54, 1.807) is 6.92 Å². The van der Waals surface area contributed by atoms with Gasteiger partial charge in [0, 0.05) is 12.0 Å². The SMILES string of the molecule is C/C(=C\c1ccccc1)C(=O)Nc1nnc(CCCOc2ccccc2)s1. The highest BCUT2D eigenvalue weighted by Gasteiger charge is 2.10. The van der Waals surface area contributed by atoms with Gasteiger partial charge in [0.1, 0.15) is 10.8 Å². The van der Waals surface area contributed by atoms with Gasteiger partial charge < -0.3 is 4.74 Å². The van der Waals surface area contributed by atoms with E-state index in [4.69, 9.17) is 4.74 Å². The Balaban J connectivity index is 1.46. The summed E-state index contributed by atoms with van der Waals surface area (Å²) < 4.78 is 5.67. The molecule has 0 saturated carbocycles. The van der Waals surface area contributed by atoms with Crippen molar-refractivity contribution in [2.75, 3.05) is 11.9 Å². The highest BCUT2D eigenvalue weighted by molar-refractivity contribution is 7.15. The predicted octanol–water partition coefficient (Wildman–Crippen LogP) is 4.59. The van der Waals surface area contributed by atoms with E-state index in [1.807, 2.05) is 66.7 Å². The molecule has 6 heteroatoms. The monoisotopic (exact) mass is 379 g/mol. The van der Waals surface area contributed by atoms with E-state index in [0.29, 0.717) is 17.3 Å². The van der Waals surface area contributed by atoms with Crippen molar-refractivity contribution in [3.05, 3.63) is 76.8 Å². The van der Waals surface area contributed by atoms with Gasteiger partial charge in [0.2, 0.25) is 5.13 Å². The number of carbonyl (C=O) groups is 1. The Morgan fingerprint density at radius 1 is 1.07 bits per heavy atom. The van der Waals surface area contributed by atoms with E-state index in [1.165, 1.54) is 11.3 Å². The molecule has 2 aromatic carbocycles. The molecule has 0 aliphatic rings. The van der Waals surface area contributed by atoms with Gasteiger partial charge in [-0.25, -0.2) is 0 Å². The first-order chi connectivity index (χ1) is 13.2. The van der Waals surface area contributed by atoms with Gasteiger partial charge in [-0.05, 0) is 37.1 Å². The maximum absolute atomic E-state index is 12.3. The number of aryl methyl sites for hydroxylation is 1. The van der Waals surface area contributed by atoms with Gasteiger partial charge in [0.25, 0.3) is 5.91 Å². The van der Waals surface area contributed by atoms with E-state index in [-0.39, 0.29) is 5.91 Å². The summed E-state index contributed by atoms with van der Waals surface area (Å²) in [6.07, 6.45) is 3.45. The van der Waals surface area contributed by atoms with Crippen LogP contribution in [-0.2, 0) is 11.2 Å². The molecule has 0 saturated heterocycles. The van der Waals surface area contributed by atoms with Crippen LogP contribution in [0.1, 0.15) is 23.9 Å². The minimum Gasteiger partial charge on any atom is -0.494 e. The summed E-state index contributed by atoms with van der Waals surface area (Å²) in [5.74, 6) is 0.692. The van der Waals surface area contributed by atoms with Crippen LogP contribution in [0.15, 0.2) is 66.2 Å². The Morgan fingerprint density at radius 2 is 1.78 bits per heavy atom. The number of amides is 1.